The van der Waals surface area contributed by atoms with Crippen molar-refractivity contribution in [1.29, 1.82) is 0 Å². The van der Waals surface area contributed by atoms with Gasteiger partial charge in [-0.15, -0.1) is 0 Å². The van der Waals surface area contributed by atoms with Crippen LogP contribution in [0, 0.1) is 0 Å². The third kappa shape index (κ3) is 4.24. The summed E-state index contributed by atoms with van der Waals surface area (Å²) in [5, 5.41) is 5.89. The zero-order valence-corrected chi connectivity index (χ0v) is 8.14. The molecule has 0 bridgehead atoms. The normalized spacial score (nSPS) is 22.7. The highest BCUT2D eigenvalue weighted by molar-refractivity contribution is 5.75. The Balaban J connectivity index is 2.01. The fourth-order valence-corrected chi connectivity index (χ4v) is 1.42. The van der Waals surface area contributed by atoms with Crippen LogP contribution in [0.4, 0.5) is 0 Å². The molecule has 0 aromatic carbocycles. The minimum Gasteiger partial charge on any atom is -0.380 e. The van der Waals surface area contributed by atoms with Gasteiger partial charge in [0, 0.05) is 32.7 Å². The molecular weight excluding hydrogens is 168 g/mol. The third-order valence-electron chi connectivity index (χ3n) is 2.22. The zero-order valence-electron chi connectivity index (χ0n) is 8.14. The SMILES string of the molecule is CNC(=O)CCNC1CCCOC1. The second-order valence-electron chi connectivity index (χ2n) is 3.29. The maximum Gasteiger partial charge on any atom is 0.221 e. The Morgan fingerprint density at radius 3 is 3.08 bits per heavy atom. The molecule has 1 heterocycles. The Kier molecular flexibility index (Phi) is 4.78. The molecule has 13 heavy (non-hydrogen) atoms. The number of ether oxygens (including phenoxy) is 1. The van der Waals surface area contributed by atoms with Crippen LogP contribution in [-0.4, -0.2) is 38.8 Å². The number of hydrogen-bond donors (Lipinski definition) is 2. The van der Waals surface area contributed by atoms with Crippen LogP contribution in [-0.2, 0) is 9.53 Å². The average molecular weight is 186 g/mol. The zero-order chi connectivity index (χ0) is 9.52. The maximum atomic E-state index is 10.9. The van der Waals surface area contributed by atoms with Crippen molar-refractivity contribution < 1.29 is 9.53 Å². The molecule has 1 rings (SSSR count). The molecule has 1 aliphatic heterocycles. The van der Waals surface area contributed by atoms with E-state index in [1.54, 1.807) is 7.05 Å². The Bertz CT molecular complexity index is 156. The second-order valence-corrected chi connectivity index (χ2v) is 3.29. The van der Waals surface area contributed by atoms with Crippen LogP contribution in [0.25, 0.3) is 0 Å². The minimum atomic E-state index is 0.0872. The predicted octanol–water partition coefficient (Wildman–Crippen LogP) is -0.109. The number of carbonyl (C=O) groups excluding carboxylic acids is 1. The number of amides is 1. The summed E-state index contributed by atoms with van der Waals surface area (Å²) in [6.45, 7) is 2.41. The lowest BCUT2D eigenvalue weighted by Crippen LogP contribution is -2.38. The fraction of sp³-hybridized carbons (Fsp3) is 0.889. The number of rotatable bonds is 4. The summed E-state index contributed by atoms with van der Waals surface area (Å²) in [4.78, 5) is 10.9. The van der Waals surface area contributed by atoms with E-state index in [-0.39, 0.29) is 5.91 Å². The smallest absolute Gasteiger partial charge is 0.221 e. The Morgan fingerprint density at radius 1 is 1.62 bits per heavy atom. The Morgan fingerprint density at radius 2 is 2.46 bits per heavy atom. The van der Waals surface area contributed by atoms with E-state index in [0.717, 1.165) is 32.6 Å². The van der Waals surface area contributed by atoms with Gasteiger partial charge in [0.05, 0.1) is 6.61 Å². The molecule has 1 fully saturated rings. The first kappa shape index (κ1) is 10.5. The molecule has 0 radical (unpaired) electrons. The summed E-state index contributed by atoms with van der Waals surface area (Å²) in [5.41, 5.74) is 0. The molecule has 0 spiro atoms. The lowest BCUT2D eigenvalue weighted by Gasteiger charge is -2.22. The van der Waals surface area contributed by atoms with E-state index >= 15 is 0 Å². The van der Waals surface area contributed by atoms with Gasteiger partial charge in [0.15, 0.2) is 0 Å². The van der Waals surface area contributed by atoms with E-state index in [1.165, 1.54) is 0 Å². The van der Waals surface area contributed by atoms with E-state index in [2.05, 4.69) is 10.6 Å². The molecule has 2 N–H and O–H groups in total. The average Bonchev–Trinajstić information content (AvgIpc) is 2.19. The van der Waals surface area contributed by atoms with Gasteiger partial charge >= 0.3 is 0 Å². The van der Waals surface area contributed by atoms with Crippen molar-refractivity contribution in [1.82, 2.24) is 10.6 Å². The highest BCUT2D eigenvalue weighted by Gasteiger charge is 2.12. The quantitative estimate of drug-likeness (QED) is 0.644. The van der Waals surface area contributed by atoms with E-state index in [4.69, 9.17) is 4.74 Å². The van der Waals surface area contributed by atoms with Crippen LogP contribution >= 0.6 is 0 Å². The Labute approximate surface area is 79.0 Å². The van der Waals surface area contributed by atoms with Crippen LogP contribution in [0.1, 0.15) is 19.3 Å². The fourth-order valence-electron chi connectivity index (χ4n) is 1.42. The minimum absolute atomic E-state index is 0.0872. The maximum absolute atomic E-state index is 10.9. The summed E-state index contributed by atoms with van der Waals surface area (Å²) < 4.78 is 5.30. The van der Waals surface area contributed by atoms with Gasteiger partial charge in [-0.25, -0.2) is 0 Å². The van der Waals surface area contributed by atoms with Crippen molar-refractivity contribution in [2.75, 3.05) is 26.8 Å². The molecule has 1 saturated heterocycles. The monoisotopic (exact) mass is 186 g/mol. The number of carbonyl (C=O) groups is 1. The van der Waals surface area contributed by atoms with Gasteiger partial charge in [0.2, 0.25) is 5.91 Å². The molecule has 4 nitrogen and oxygen atoms in total. The van der Waals surface area contributed by atoms with Crippen LogP contribution in [0.3, 0.4) is 0 Å². The Hall–Kier alpha value is -0.610. The molecule has 0 saturated carbocycles. The highest BCUT2D eigenvalue weighted by Crippen LogP contribution is 2.05. The molecule has 1 atom stereocenters. The molecule has 1 amide bonds. The predicted molar refractivity (Wildman–Crippen MR) is 50.5 cm³/mol. The van der Waals surface area contributed by atoms with Gasteiger partial charge in [-0.2, -0.15) is 0 Å². The van der Waals surface area contributed by atoms with Gasteiger partial charge in [-0.1, -0.05) is 0 Å². The molecule has 0 aromatic rings. The van der Waals surface area contributed by atoms with Gasteiger partial charge in [0.1, 0.15) is 0 Å². The summed E-state index contributed by atoms with van der Waals surface area (Å²) in [7, 11) is 1.66. The number of nitrogens with one attached hydrogen (secondary N) is 2. The summed E-state index contributed by atoms with van der Waals surface area (Å²) in [6.07, 6.45) is 2.83. The molecular formula is C9H18N2O2. The van der Waals surface area contributed by atoms with E-state index < -0.39 is 0 Å². The van der Waals surface area contributed by atoms with E-state index in [9.17, 15) is 4.79 Å². The lowest BCUT2D eigenvalue weighted by atomic mass is 10.1. The lowest BCUT2D eigenvalue weighted by molar-refractivity contribution is -0.120. The molecule has 0 aromatic heterocycles. The van der Waals surface area contributed by atoms with Crippen molar-refractivity contribution in [3.8, 4) is 0 Å². The first-order valence-corrected chi connectivity index (χ1v) is 4.84. The van der Waals surface area contributed by atoms with Crippen molar-refractivity contribution in [2.45, 2.75) is 25.3 Å². The topological polar surface area (TPSA) is 50.4 Å². The first-order chi connectivity index (χ1) is 6.33. The summed E-state index contributed by atoms with van der Waals surface area (Å²) in [5.74, 6) is 0.0872. The van der Waals surface area contributed by atoms with Crippen molar-refractivity contribution in [2.24, 2.45) is 0 Å². The van der Waals surface area contributed by atoms with Crippen LogP contribution < -0.4 is 10.6 Å². The van der Waals surface area contributed by atoms with Gasteiger partial charge in [-0.05, 0) is 12.8 Å². The van der Waals surface area contributed by atoms with Gasteiger partial charge < -0.3 is 15.4 Å². The largest absolute Gasteiger partial charge is 0.380 e. The molecule has 76 valence electrons. The van der Waals surface area contributed by atoms with E-state index in [1.807, 2.05) is 0 Å². The first-order valence-electron chi connectivity index (χ1n) is 4.84. The van der Waals surface area contributed by atoms with E-state index in [0.29, 0.717) is 12.5 Å². The van der Waals surface area contributed by atoms with Crippen LogP contribution in [0.15, 0.2) is 0 Å². The highest BCUT2D eigenvalue weighted by atomic mass is 16.5. The molecule has 4 heteroatoms. The van der Waals surface area contributed by atoms with Crippen molar-refractivity contribution >= 4 is 5.91 Å². The van der Waals surface area contributed by atoms with Crippen molar-refractivity contribution in [3.63, 3.8) is 0 Å². The third-order valence-corrected chi connectivity index (χ3v) is 2.22. The standard InChI is InChI=1S/C9H18N2O2/c1-10-9(12)4-5-11-8-3-2-6-13-7-8/h8,11H,2-7H2,1H3,(H,10,12). The van der Waals surface area contributed by atoms with Crippen LogP contribution in [0.2, 0.25) is 0 Å². The molecule has 0 aliphatic carbocycles. The van der Waals surface area contributed by atoms with Gasteiger partial charge in [-0.3, -0.25) is 4.79 Å². The molecule has 1 unspecified atom stereocenters. The summed E-state index contributed by atoms with van der Waals surface area (Å²) in [6, 6.07) is 0.443. The summed E-state index contributed by atoms with van der Waals surface area (Å²) >= 11 is 0. The van der Waals surface area contributed by atoms with Gasteiger partial charge in [0.25, 0.3) is 0 Å². The molecule has 1 aliphatic rings. The number of hydrogen-bond acceptors (Lipinski definition) is 3. The van der Waals surface area contributed by atoms with Crippen molar-refractivity contribution in [3.05, 3.63) is 0 Å². The van der Waals surface area contributed by atoms with Crippen LogP contribution in [0.5, 0.6) is 0 Å². The second kappa shape index (κ2) is 5.94.